The van der Waals surface area contributed by atoms with Crippen LogP contribution in [0.1, 0.15) is 17.8 Å². The predicted molar refractivity (Wildman–Crippen MR) is 51.9 cm³/mol. The van der Waals surface area contributed by atoms with Gasteiger partial charge in [0.1, 0.15) is 5.01 Å². The third kappa shape index (κ3) is 3.51. The van der Waals surface area contributed by atoms with E-state index in [1.165, 1.54) is 0 Å². The second-order valence-corrected chi connectivity index (χ2v) is 3.33. The fraction of sp³-hybridized carbons (Fsp3) is 0.444. The van der Waals surface area contributed by atoms with Gasteiger partial charge in [0.15, 0.2) is 0 Å². The van der Waals surface area contributed by atoms with Crippen LogP contribution in [-0.2, 0) is 6.42 Å². The van der Waals surface area contributed by atoms with Gasteiger partial charge >= 0.3 is 0 Å². The summed E-state index contributed by atoms with van der Waals surface area (Å²) in [6, 6.07) is 0. The first-order chi connectivity index (χ1) is 5.93. The first kappa shape index (κ1) is 9.24. The molecule has 0 radical (unpaired) electrons. The van der Waals surface area contributed by atoms with Crippen molar-refractivity contribution in [1.29, 1.82) is 0 Å². The fourth-order valence-corrected chi connectivity index (χ4v) is 1.31. The molecule has 0 spiro atoms. The van der Waals surface area contributed by atoms with Crippen LogP contribution in [0, 0.1) is 11.8 Å². The summed E-state index contributed by atoms with van der Waals surface area (Å²) in [5, 5.41) is 3.06. The molecule has 12 heavy (non-hydrogen) atoms. The molecule has 64 valence electrons. The minimum atomic E-state index is 0.728. The number of unbranched alkanes of at least 4 members (excludes halogenated alkanes) is 1. The Hall–Kier alpha value is -0.850. The van der Waals surface area contributed by atoms with Crippen LogP contribution in [0.2, 0.25) is 0 Å². The summed E-state index contributed by atoms with van der Waals surface area (Å²) in [6.07, 6.45) is 4.48. The Kier molecular flexibility index (Phi) is 4.43. The molecule has 2 nitrogen and oxygen atoms in total. The van der Waals surface area contributed by atoms with Crippen molar-refractivity contribution in [1.82, 2.24) is 4.98 Å². The lowest BCUT2D eigenvalue weighted by molar-refractivity contribution is 0.869. The lowest BCUT2D eigenvalue weighted by atomic mass is 10.3. The molecule has 0 bridgehead atoms. The highest BCUT2D eigenvalue weighted by molar-refractivity contribution is 7.09. The van der Waals surface area contributed by atoms with Crippen molar-refractivity contribution >= 4 is 11.3 Å². The lowest BCUT2D eigenvalue weighted by Crippen LogP contribution is -1.96. The highest BCUT2D eigenvalue weighted by atomic mass is 32.1. The minimum absolute atomic E-state index is 0.728. The highest BCUT2D eigenvalue weighted by Gasteiger charge is 1.88. The van der Waals surface area contributed by atoms with Gasteiger partial charge < -0.3 is 5.73 Å². The first-order valence-electron chi connectivity index (χ1n) is 3.97. The van der Waals surface area contributed by atoms with Crippen LogP contribution in [0.25, 0.3) is 0 Å². The summed E-state index contributed by atoms with van der Waals surface area (Å²) in [5.41, 5.74) is 5.33. The van der Waals surface area contributed by atoms with Gasteiger partial charge in [0.2, 0.25) is 0 Å². The van der Waals surface area contributed by atoms with E-state index in [-0.39, 0.29) is 0 Å². The molecule has 1 aromatic rings. The molecule has 0 saturated heterocycles. The number of hydrogen-bond donors (Lipinski definition) is 1. The zero-order valence-electron chi connectivity index (χ0n) is 6.92. The summed E-state index contributed by atoms with van der Waals surface area (Å²) < 4.78 is 0. The molecular formula is C9H12N2S. The number of aromatic nitrogens is 1. The molecule has 0 fully saturated rings. The van der Waals surface area contributed by atoms with E-state index in [0.717, 1.165) is 30.8 Å². The van der Waals surface area contributed by atoms with Gasteiger partial charge in [-0.15, -0.1) is 17.3 Å². The van der Waals surface area contributed by atoms with Gasteiger partial charge in [-0.1, -0.05) is 5.92 Å². The molecule has 0 aliphatic rings. The highest BCUT2D eigenvalue weighted by Crippen LogP contribution is 2.03. The predicted octanol–water partition coefficient (Wildman–Crippen LogP) is 1.43. The monoisotopic (exact) mass is 180 g/mol. The Morgan fingerprint density at radius 1 is 1.50 bits per heavy atom. The molecule has 2 N–H and O–H groups in total. The number of nitrogens with zero attached hydrogens (tertiary/aromatic N) is 1. The summed E-state index contributed by atoms with van der Waals surface area (Å²) in [7, 11) is 0. The van der Waals surface area contributed by atoms with E-state index in [4.69, 9.17) is 5.73 Å². The largest absolute Gasteiger partial charge is 0.330 e. The Labute approximate surface area is 76.8 Å². The molecule has 3 heteroatoms. The number of rotatable bonds is 3. The molecule has 0 aromatic carbocycles. The van der Waals surface area contributed by atoms with Crippen LogP contribution in [0.5, 0.6) is 0 Å². The summed E-state index contributed by atoms with van der Waals surface area (Å²) >= 11 is 1.65. The molecule has 0 unspecified atom stereocenters. The van der Waals surface area contributed by atoms with Crippen molar-refractivity contribution in [2.24, 2.45) is 5.73 Å². The van der Waals surface area contributed by atoms with E-state index in [1.54, 1.807) is 11.3 Å². The molecule has 1 aromatic heterocycles. The maximum absolute atomic E-state index is 5.33. The first-order valence-corrected chi connectivity index (χ1v) is 4.85. The molecule has 0 aliphatic heterocycles. The number of thiazole rings is 1. The van der Waals surface area contributed by atoms with Gasteiger partial charge in [0.05, 0.1) is 6.42 Å². The SMILES string of the molecule is NCCCC#CCc1nccs1. The van der Waals surface area contributed by atoms with E-state index >= 15 is 0 Å². The van der Waals surface area contributed by atoms with E-state index < -0.39 is 0 Å². The van der Waals surface area contributed by atoms with Gasteiger partial charge in [0, 0.05) is 18.0 Å². The average molecular weight is 180 g/mol. The van der Waals surface area contributed by atoms with E-state index in [2.05, 4.69) is 16.8 Å². The van der Waals surface area contributed by atoms with Crippen LogP contribution < -0.4 is 5.73 Å². The van der Waals surface area contributed by atoms with Gasteiger partial charge in [-0.25, -0.2) is 4.98 Å². The molecule has 0 amide bonds. The quantitative estimate of drug-likeness (QED) is 0.564. The van der Waals surface area contributed by atoms with Gasteiger partial charge in [-0.05, 0) is 13.0 Å². The Morgan fingerprint density at radius 3 is 3.08 bits per heavy atom. The van der Waals surface area contributed by atoms with Crippen molar-refractivity contribution < 1.29 is 0 Å². The Bertz CT molecular complexity index is 256. The topological polar surface area (TPSA) is 38.9 Å². The van der Waals surface area contributed by atoms with Gasteiger partial charge in [0.25, 0.3) is 0 Å². The second kappa shape index (κ2) is 5.76. The fourth-order valence-electron chi connectivity index (χ4n) is 0.757. The normalized spacial score (nSPS) is 9.08. The van der Waals surface area contributed by atoms with Crippen LogP contribution in [0.3, 0.4) is 0 Å². The Balaban J connectivity index is 2.19. The van der Waals surface area contributed by atoms with Gasteiger partial charge in [-0.3, -0.25) is 0 Å². The second-order valence-electron chi connectivity index (χ2n) is 2.35. The summed E-state index contributed by atoms with van der Waals surface area (Å²) in [6.45, 7) is 0.728. The molecule has 0 aliphatic carbocycles. The molecule has 1 heterocycles. The van der Waals surface area contributed by atoms with Crippen molar-refractivity contribution in [3.63, 3.8) is 0 Å². The maximum Gasteiger partial charge on any atom is 0.104 e. The smallest absolute Gasteiger partial charge is 0.104 e. The van der Waals surface area contributed by atoms with Crippen molar-refractivity contribution in [2.75, 3.05) is 6.54 Å². The average Bonchev–Trinajstić information content (AvgIpc) is 2.57. The standard InChI is InChI=1S/C9H12N2S/c10-6-4-2-1-3-5-9-11-7-8-12-9/h7-8H,2,4-6,10H2. The van der Waals surface area contributed by atoms with E-state index in [0.29, 0.717) is 0 Å². The third-order valence-corrected chi connectivity index (χ3v) is 2.13. The van der Waals surface area contributed by atoms with Crippen LogP contribution >= 0.6 is 11.3 Å². The molecular weight excluding hydrogens is 168 g/mol. The van der Waals surface area contributed by atoms with Crippen molar-refractivity contribution in [2.45, 2.75) is 19.3 Å². The molecule has 0 saturated carbocycles. The molecule has 0 atom stereocenters. The molecule has 1 rings (SSSR count). The summed E-state index contributed by atoms with van der Waals surface area (Å²) in [5.74, 6) is 6.13. The zero-order chi connectivity index (χ0) is 8.65. The van der Waals surface area contributed by atoms with Crippen LogP contribution in [0.4, 0.5) is 0 Å². The lowest BCUT2D eigenvalue weighted by Gasteiger charge is -1.84. The Morgan fingerprint density at radius 2 is 2.42 bits per heavy atom. The maximum atomic E-state index is 5.33. The van der Waals surface area contributed by atoms with Crippen molar-refractivity contribution in [3.05, 3.63) is 16.6 Å². The zero-order valence-corrected chi connectivity index (χ0v) is 7.73. The van der Waals surface area contributed by atoms with E-state index in [9.17, 15) is 0 Å². The van der Waals surface area contributed by atoms with E-state index in [1.807, 2.05) is 11.6 Å². The minimum Gasteiger partial charge on any atom is -0.330 e. The number of nitrogens with two attached hydrogens (primary N) is 1. The third-order valence-electron chi connectivity index (χ3n) is 1.35. The number of hydrogen-bond acceptors (Lipinski definition) is 3. The van der Waals surface area contributed by atoms with Crippen molar-refractivity contribution in [3.8, 4) is 11.8 Å². The van der Waals surface area contributed by atoms with Gasteiger partial charge in [-0.2, -0.15) is 0 Å². The van der Waals surface area contributed by atoms with Crippen LogP contribution in [-0.4, -0.2) is 11.5 Å². The summed E-state index contributed by atoms with van der Waals surface area (Å²) in [4.78, 5) is 4.13. The van der Waals surface area contributed by atoms with Crippen LogP contribution in [0.15, 0.2) is 11.6 Å².